The van der Waals surface area contributed by atoms with Crippen LogP contribution >= 0.6 is 0 Å². The maximum absolute atomic E-state index is 12.4. The number of hydrogen-bond acceptors (Lipinski definition) is 6. The number of methoxy groups -OCH3 is 3. The number of benzene rings is 1. The van der Waals surface area contributed by atoms with Crippen molar-refractivity contribution < 1.29 is 28.5 Å². The van der Waals surface area contributed by atoms with E-state index >= 15 is 0 Å². The fourth-order valence-electron chi connectivity index (χ4n) is 3.51. The lowest BCUT2D eigenvalue weighted by Gasteiger charge is -2.38. The zero-order valence-corrected chi connectivity index (χ0v) is 17.2. The van der Waals surface area contributed by atoms with E-state index in [4.69, 9.17) is 18.9 Å². The summed E-state index contributed by atoms with van der Waals surface area (Å²) in [5.41, 5.74) is 0.627. The van der Waals surface area contributed by atoms with Crippen molar-refractivity contribution in [3.63, 3.8) is 0 Å². The van der Waals surface area contributed by atoms with Crippen LogP contribution in [0.1, 0.15) is 38.7 Å². The van der Waals surface area contributed by atoms with Crippen molar-refractivity contribution in [1.29, 1.82) is 0 Å². The van der Waals surface area contributed by atoms with E-state index in [1.165, 1.54) is 27.4 Å². The lowest BCUT2D eigenvalue weighted by atomic mass is 9.97. The first-order valence-electron chi connectivity index (χ1n) is 9.37. The smallest absolute Gasteiger partial charge is 0.331 e. The molecule has 7 heteroatoms. The summed E-state index contributed by atoms with van der Waals surface area (Å²) in [6.45, 7) is 3.79. The number of hydrogen-bond donors (Lipinski definition) is 0. The molecule has 1 aliphatic rings. The number of nitrogens with zero attached hydrogens (tertiary/aromatic N) is 1. The molecule has 0 aliphatic carbocycles. The molecule has 0 N–H and O–H groups in total. The SMILES string of the molecule is COc1cc(OC)c(OC)cc1/C=C/C(=O)OCC(=O)N1[C@@H](C)CCC[C@@H]1C. The molecule has 1 aromatic rings. The van der Waals surface area contributed by atoms with Crippen LogP contribution in [-0.4, -0.2) is 56.8 Å². The van der Waals surface area contributed by atoms with Crippen LogP contribution in [0.15, 0.2) is 18.2 Å². The molecule has 1 aromatic carbocycles. The van der Waals surface area contributed by atoms with Crippen molar-refractivity contribution in [2.24, 2.45) is 0 Å². The zero-order chi connectivity index (χ0) is 20.7. The van der Waals surface area contributed by atoms with E-state index in [2.05, 4.69) is 0 Å². The van der Waals surface area contributed by atoms with Gasteiger partial charge in [-0.3, -0.25) is 4.79 Å². The van der Waals surface area contributed by atoms with Crippen LogP contribution in [0.5, 0.6) is 17.2 Å². The molecule has 2 rings (SSSR count). The predicted octanol–water partition coefficient (Wildman–Crippen LogP) is 3.06. The number of piperidine rings is 1. The van der Waals surface area contributed by atoms with Gasteiger partial charge in [0, 0.05) is 29.8 Å². The molecule has 0 radical (unpaired) electrons. The normalized spacial score (nSPS) is 19.4. The molecule has 2 atom stereocenters. The van der Waals surface area contributed by atoms with E-state index in [-0.39, 0.29) is 24.6 Å². The molecule has 0 spiro atoms. The maximum Gasteiger partial charge on any atom is 0.331 e. The number of carbonyl (C=O) groups is 2. The summed E-state index contributed by atoms with van der Waals surface area (Å²) in [4.78, 5) is 26.3. The van der Waals surface area contributed by atoms with Crippen molar-refractivity contribution >= 4 is 18.0 Å². The van der Waals surface area contributed by atoms with Crippen molar-refractivity contribution in [1.82, 2.24) is 4.90 Å². The van der Waals surface area contributed by atoms with Crippen LogP contribution in [0, 0.1) is 0 Å². The molecule has 1 saturated heterocycles. The lowest BCUT2D eigenvalue weighted by molar-refractivity contribution is -0.151. The highest BCUT2D eigenvalue weighted by molar-refractivity contribution is 5.90. The number of carbonyl (C=O) groups excluding carboxylic acids is 2. The molecule has 28 heavy (non-hydrogen) atoms. The topological polar surface area (TPSA) is 74.3 Å². The Balaban J connectivity index is 2.01. The molecule has 1 heterocycles. The van der Waals surface area contributed by atoms with E-state index in [0.29, 0.717) is 22.8 Å². The summed E-state index contributed by atoms with van der Waals surface area (Å²) in [5.74, 6) is 0.801. The second kappa shape index (κ2) is 10.0. The van der Waals surface area contributed by atoms with E-state index in [9.17, 15) is 9.59 Å². The van der Waals surface area contributed by atoms with Gasteiger partial charge in [0.25, 0.3) is 5.91 Å². The average molecular weight is 391 g/mol. The van der Waals surface area contributed by atoms with Crippen LogP contribution < -0.4 is 14.2 Å². The molecule has 0 saturated carbocycles. The van der Waals surface area contributed by atoms with Crippen molar-refractivity contribution in [3.05, 3.63) is 23.8 Å². The van der Waals surface area contributed by atoms with Gasteiger partial charge in [-0.05, 0) is 45.3 Å². The second-order valence-electron chi connectivity index (χ2n) is 6.82. The van der Waals surface area contributed by atoms with Gasteiger partial charge in [0.1, 0.15) is 5.75 Å². The number of likely N-dealkylation sites (tertiary alicyclic amines) is 1. The van der Waals surface area contributed by atoms with Crippen molar-refractivity contribution in [2.45, 2.75) is 45.2 Å². The minimum Gasteiger partial charge on any atom is -0.496 e. The number of esters is 1. The Bertz CT molecular complexity index is 720. The van der Waals surface area contributed by atoms with Gasteiger partial charge in [-0.25, -0.2) is 4.79 Å². The Hall–Kier alpha value is -2.70. The second-order valence-corrected chi connectivity index (χ2v) is 6.82. The third kappa shape index (κ3) is 5.18. The minimum atomic E-state index is -0.595. The molecule has 1 amide bonds. The van der Waals surface area contributed by atoms with E-state index in [0.717, 1.165) is 19.3 Å². The van der Waals surface area contributed by atoms with Gasteiger partial charge in [0.2, 0.25) is 0 Å². The van der Waals surface area contributed by atoms with Crippen molar-refractivity contribution in [2.75, 3.05) is 27.9 Å². The fraction of sp³-hybridized carbons (Fsp3) is 0.524. The first kappa shape index (κ1) is 21.6. The summed E-state index contributed by atoms with van der Waals surface area (Å²) in [6.07, 6.45) is 5.88. The first-order valence-corrected chi connectivity index (χ1v) is 9.37. The van der Waals surface area contributed by atoms with Gasteiger partial charge < -0.3 is 23.8 Å². The molecule has 0 aromatic heterocycles. The zero-order valence-electron chi connectivity index (χ0n) is 17.2. The average Bonchev–Trinajstić information content (AvgIpc) is 2.69. The standard InChI is InChI=1S/C21H29NO6/c1-14-7-6-8-15(2)22(14)20(23)13-28-21(24)10-9-16-11-18(26-4)19(27-5)12-17(16)25-3/h9-12,14-15H,6-8,13H2,1-5H3/b10-9+/t14-,15-/m0/s1. The third-order valence-corrected chi connectivity index (χ3v) is 4.95. The van der Waals surface area contributed by atoms with Crippen LogP contribution in [0.3, 0.4) is 0 Å². The molecular weight excluding hydrogens is 362 g/mol. The Morgan fingerprint density at radius 2 is 1.57 bits per heavy atom. The van der Waals surface area contributed by atoms with Gasteiger partial charge in [-0.2, -0.15) is 0 Å². The molecule has 0 bridgehead atoms. The first-order chi connectivity index (χ1) is 13.4. The Morgan fingerprint density at radius 3 is 2.14 bits per heavy atom. The Labute approximate surface area is 166 Å². The maximum atomic E-state index is 12.4. The van der Waals surface area contributed by atoms with E-state index in [1.807, 2.05) is 18.7 Å². The molecule has 0 unspecified atom stereocenters. The third-order valence-electron chi connectivity index (χ3n) is 4.95. The van der Waals surface area contributed by atoms with Gasteiger partial charge in [-0.15, -0.1) is 0 Å². The Morgan fingerprint density at radius 1 is 1.00 bits per heavy atom. The van der Waals surface area contributed by atoms with Gasteiger partial charge in [0.15, 0.2) is 18.1 Å². The fourth-order valence-corrected chi connectivity index (χ4v) is 3.51. The number of rotatable bonds is 7. The highest BCUT2D eigenvalue weighted by Gasteiger charge is 2.29. The monoisotopic (exact) mass is 391 g/mol. The number of ether oxygens (including phenoxy) is 4. The van der Waals surface area contributed by atoms with E-state index < -0.39 is 5.97 Å². The van der Waals surface area contributed by atoms with Gasteiger partial charge in [-0.1, -0.05) is 0 Å². The summed E-state index contributed by atoms with van der Waals surface area (Å²) >= 11 is 0. The largest absolute Gasteiger partial charge is 0.496 e. The van der Waals surface area contributed by atoms with Crippen LogP contribution in [-0.2, 0) is 14.3 Å². The summed E-state index contributed by atoms with van der Waals surface area (Å²) in [6, 6.07) is 3.71. The quantitative estimate of drug-likeness (QED) is 0.525. The van der Waals surface area contributed by atoms with Crippen LogP contribution in [0.25, 0.3) is 6.08 Å². The molecule has 154 valence electrons. The molecule has 7 nitrogen and oxygen atoms in total. The summed E-state index contributed by atoms with van der Waals surface area (Å²) < 4.78 is 21.0. The summed E-state index contributed by atoms with van der Waals surface area (Å²) in [7, 11) is 4.59. The Kier molecular flexibility index (Phi) is 7.72. The number of amides is 1. The lowest BCUT2D eigenvalue weighted by Crippen LogP contribution is -2.49. The molecule has 1 fully saturated rings. The molecule has 1 aliphatic heterocycles. The van der Waals surface area contributed by atoms with Gasteiger partial charge >= 0.3 is 5.97 Å². The van der Waals surface area contributed by atoms with Gasteiger partial charge in [0.05, 0.1) is 21.3 Å². The van der Waals surface area contributed by atoms with Crippen LogP contribution in [0.4, 0.5) is 0 Å². The summed E-state index contributed by atoms with van der Waals surface area (Å²) in [5, 5.41) is 0. The highest BCUT2D eigenvalue weighted by Crippen LogP contribution is 2.35. The molecular formula is C21H29NO6. The minimum absolute atomic E-state index is 0.162. The highest BCUT2D eigenvalue weighted by atomic mass is 16.5. The van der Waals surface area contributed by atoms with Crippen LogP contribution in [0.2, 0.25) is 0 Å². The van der Waals surface area contributed by atoms with E-state index in [1.54, 1.807) is 18.2 Å². The van der Waals surface area contributed by atoms with Crippen molar-refractivity contribution in [3.8, 4) is 17.2 Å². The predicted molar refractivity (Wildman–Crippen MR) is 106 cm³/mol.